The Labute approximate surface area is 471 Å². The third kappa shape index (κ3) is 17.0. The zero-order valence-electron chi connectivity index (χ0n) is 49.0. The second kappa shape index (κ2) is 31.0. The van der Waals surface area contributed by atoms with Crippen LogP contribution in [0.2, 0.25) is 0 Å². The number of imide groups is 1. The van der Waals surface area contributed by atoms with Crippen LogP contribution in [0, 0.1) is 35.5 Å². The first kappa shape index (κ1) is 66.9. The molecular formula is C58H90N6O16. The van der Waals surface area contributed by atoms with Gasteiger partial charge in [0.2, 0.25) is 24.0 Å². The third-order valence-corrected chi connectivity index (χ3v) is 15.8. The third-order valence-electron chi connectivity index (χ3n) is 15.8. The SMILES string of the molecule is CC[C@H](C)[C@@H]([C@@H](CC(=O)N1CCC[C@H]1[C@H](OC)[C@@H](C)C(=O)C[C@H](C)[C@@H](O)c1ccccc1)OC)N(C)C(=O)N(C)C(=O)[C@@H](CC(=O)[C@H](C(C)C)N(C)C(=O)Oc1ccc(O[C@@H]2OC[C@@H](O)[C@H](O)[C@H]2O)c(NC(=O)CCN)c1)C(C)C. The molecular weight excluding hydrogens is 1040 g/mol. The summed E-state index contributed by atoms with van der Waals surface area (Å²) in [7, 11) is 7.27. The molecule has 22 heteroatoms. The number of carbonyl (C=O) groups is 7. The second-order valence-corrected chi connectivity index (χ2v) is 22.2. The van der Waals surface area contributed by atoms with E-state index in [1.165, 1.54) is 51.4 Å². The molecule has 2 fully saturated rings. The number of amides is 6. The number of nitrogens with one attached hydrogen (secondary N) is 1. The first-order chi connectivity index (χ1) is 37.7. The van der Waals surface area contributed by atoms with E-state index in [0.717, 1.165) is 15.4 Å². The summed E-state index contributed by atoms with van der Waals surface area (Å²) < 4.78 is 28.8. The van der Waals surface area contributed by atoms with Crippen LogP contribution < -0.4 is 20.5 Å². The van der Waals surface area contributed by atoms with Gasteiger partial charge in [0, 0.05) is 85.6 Å². The van der Waals surface area contributed by atoms with Gasteiger partial charge in [0.25, 0.3) is 0 Å². The molecule has 6 amide bonds. The van der Waals surface area contributed by atoms with Crippen molar-refractivity contribution >= 4 is 47.1 Å². The van der Waals surface area contributed by atoms with Gasteiger partial charge < -0.3 is 69.9 Å². The Hall–Kier alpha value is -5.59. The van der Waals surface area contributed by atoms with E-state index in [0.29, 0.717) is 25.8 Å². The summed E-state index contributed by atoms with van der Waals surface area (Å²) in [4.78, 5) is 103. The molecule has 0 saturated carbocycles. The number of methoxy groups -OCH3 is 2. The van der Waals surface area contributed by atoms with Gasteiger partial charge >= 0.3 is 12.1 Å². The summed E-state index contributed by atoms with van der Waals surface area (Å²) in [5, 5.41) is 44.1. The van der Waals surface area contributed by atoms with Gasteiger partial charge in [0.15, 0.2) is 5.78 Å². The highest BCUT2D eigenvalue weighted by molar-refractivity contribution is 5.98. The van der Waals surface area contributed by atoms with Crippen molar-refractivity contribution in [2.75, 3.05) is 60.4 Å². The Bertz CT molecular complexity index is 2380. The lowest BCUT2D eigenvalue weighted by Gasteiger charge is -2.40. The molecule has 0 radical (unpaired) electrons. The van der Waals surface area contributed by atoms with Gasteiger partial charge in [0.1, 0.15) is 35.6 Å². The van der Waals surface area contributed by atoms with Crippen LogP contribution in [0.3, 0.4) is 0 Å². The van der Waals surface area contributed by atoms with E-state index in [1.54, 1.807) is 46.6 Å². The highest BCUT2D eigenvalue weighted by Crippen LogP contribution is 2.35. The van der Waals surface area contributed by atoms with E-state index in [9.17, 15) is 54.0 Å². The van der Waals surface area contributed by atoms with Crippen LogP contribution in [0.15, 0.2) is 48.5 Å². The summed E-state index contributed by atoms with van der Waals surface area (Å²) in [6.07, 6.45) is -7.78. The predicted octanol–water partition coefficient (Wildman–Crippen LogP) is 4.78. The summed E-state index contributed by atoms with van der Waals surface area (Å²) in [5.41, 5.74) is 6.29. The number of Topliss-reactive ketones (excluding diaryl/α,β-unsaturated/α-hetero) is 2. The number of ketones is 2. The summed E-state index contributed by atoms with van der Waals surface area (Å²) in [5.74, 6) is -5.16. The normalized spacial score (nSPS) is 21.8. The van der Waals surface area contributed by atoms with Crippen molar-refractivity contribution in [1.82, 2.24) is 19.6 Å². The van der Waals surface area contributed by atoms with Gasteiger partial charge in [-0.25, -0.2) is 9.59 Å². The average Bonchev–Trinajstić information content (AvgIpc) is 3.98. The Kier molecular flexibility index (Phi) is 25.9. The van der Waals surface area contributed by atoms with Crippen molar-refractivity contribution in [3.8, 4) is 11.5 Å². The topological polar surface area (TPSA) is 298 Å². The second-order valence-electron chi connectivity index (χ2n) is 22.2. The van der Waals surface area contributed by atoms with Gasteiger partial charge in [-0.05, 0) is 54.2 Å². The van der Waals surface area contributed by atoms with Crippen LogP contribution in [0.5, 0.6) is 11.5 Å². The van der Waals surface area contributed by atoms with Crippen LogP contribution in [0.1, 0.15) is 112 Å². The number of anilines is 1. The van der Waals surface area contributed by atoms with E-state index in [1.807, 2.05) is 51.1 Å². The molecule has 80 heavy (non-hydrogen) atoms. The molecule has 0 bridgehead atoms. The molecule has 0 aliphatic carbocycles. The lowest BCUT2D eigenvalue weighted by atomic mass is 9.85. The van der Waals surface area contributed by atoms with Crippen LogP contribution >= 0.6 is 0 Å². The number of hydrogen-bond acceptors (Lipinski definition) is 17. The van der Waals surface area contributed by atoms with E-state index >= 15 is 0 Å². The highest BCUT2D eigenvalue weighted by atomic mass is 16.7. The fraction of sp³-hybridized carbons (Fsp3) is 0.672. The number of ether oxygens (including phenoxy) is 5. The van der Waals surface area contributed by atoms with E-state index in [4.69, 9.17) is 29.4 Å². The van der Waals surface area contributed by atoms with E-state index < -0.39 is 114 Å². The molecule has 2 aromatic carbocycles. The summed E-state index contributed by atoms with van der Waals surface area (Å²) in [6.45, 7) is 14.6. The summed E-state index contributed by atoms with van der Waals surface area (Å²) >= 11 is 0. The Morgan fingerprint density at radius 1 is 0.825 bits per heavy atom. The van der Waals surface area contributed by atoms with Crippen molar-refractivity contribution in [3.63, 3.8) is 0 Å². The quantitative estimate of drug-likeness (QED) is 0.0668. The number of benzene rings is 2. The molecule has 2 aromatic rings. The zero-order valence-corrected chi connectivity index (χ0v) is 49.0. The Balaban J connectivity index is 1.47. The molecule has 7 N–H and O–H groups in total. The molecule has 22 nitrogen and oxygen atoms in total. The average molecular weight is 1130 g/mol. The lowest BCUT2D eigenvalue weighted by Crippen LogP contribution is -2.56. The number of likely N-dealkylation sites (N-methyl/N-ethyl adjacent to an activating group) is 2. The van der Waals surface area contributed by atoms with Crippen LogP contribution in [-0.2, 0) is 38.2 Å². The number of nitrogens with zero attached hydrogens (tertiary/aromatic N) is 4. The van der Waals surface area contributed by atoms with Crippen molar-refractivity contribution in [3.05, 3.63) is 54.1 Å². The van der Waals surface area contributed by atoms with Crippen molar-refractivity contribution in [1.29, 1.82) is 0 Å². The number of hydrogen-bond donors (Lipinski definition) is 6. The fourth-order valence-corrected chi connectivity index (χ4v) is 10.9. The zero-order chi connectivity index (χ0) is 59.9. The molecule has 14 atom stereocenters. The number of aliphatic hydroxyl groups is 4. The molecule has 2 saturated heterocycles. The molecule has 0 unspecified atom stereocenters. The van der Waals surface area contributed by atoms with Crippen LogP contribution in [-0.4, -0.2) is 191 Å². The van der Waals surface area contributed by atoms with Gasteiger partial charge in [-0.1, -0.05) is 92.1 Å². The first-order valence-corrected chi connectivity index (χ1v) is 27.8. The smallest absolute Gasteiger partial charge is 0.415 e. The van der Waals surface area contributed by atoms with Crippen LogP contribution in [0.4, 0.5) is 15.3 Å². The highest BCUT2D eigenvalue weighted by Gasteiger charge is 2.44. The minimum absolute atomic E-state index is 0.00969. The monoisotopic (exact) mass is 1130 g/mol. The number of rotatable bonds is 28. The molecule has 0 aromatic heterocycles. The molecule has 2 heterocycles. The molecule has 2 aliphatic rings. The van der Waals surface area contributed by atoms with Crippen molar-refractivity contribution in [2.24, 2.45) is 41.2 Å². The molecule has 4 rings (SSSR count). The van der Waals surface area contributed by atoms with Crippen LogP contribution in [0.25, 0.3) is 0 Å². The van der Waals surface area contributed by atoms with E-state index in [-0.39, 0.29) is 79.5 Å². The first-order valence-electron chi connectivity index (χ1n) is 27.8. The number of likely N-dealkylation sites (tertiary alicyclic amines) is 1. The standard InChI is InChI=1S/C58H90N6O16/c1-14-34(6)50(46(76-12)30-48(69)64-26-18-21-41(64)54(77-13)36(8)42(65)27-35(7)51(70)37-19-16-15-17-20-37)61(9)57(74)63(11)55(73)39(32(2)3)29-43(66)49(33(4)5)62(10)58(75)79-38-22-23-45(40(28-38)60-47(68)24-25-59)80-56-53(72)52(71)44(67)31-78-56/h15-17,19-20,22-23,28,32-36,39,41,44,46,49-54,56,67,70-72H,14,18,21,24-27,29-31,59H2,1-13H3,(H,60,68)/t34-,35-,36-,39-,41-,44+,46+,49-,50-,51+,52-,53+,54+,56-/m0/s1. The number of carbonyl (C=O) groups excluding carboxylic acids is 7. The van der Waals surface area contributed by atoms with Crippen molar-refractivity contribution < 1.29 is 77.7 Å². The number of urea groups is 1. The fourth-order valence-electron chi connectivity index (χ4n) is 10.9. The molecule has 0 spiro atoms. The minimum Gasteiger partial charge on any atom is -0.460 e. The Morgan fingerprint density at radius 3 is 2.08 bits per heavy atom. The minimum atomic E-state index is -1.65. The van der Waals surface area contributed by atoms with Gasteiger partial charge in [-0.2, -0.15) is 0 Å². The van der Waals surface area contributed by atoms with Crippen molar-refractivity contribution in [2.45, 2.75) is 161 Å². The summed E-state index contributed by atoms with van der Waals surface area (Å²) in [6, 6.07) is 10.2. The van der Waals surface area contributed by atoms with Gasteiger partial charge in [-0.15, -0.1) is 0 Å². The molecule has 2 aliphatic heterocycles. The van der Waals surface area contributed by atoms with E-state index in [2.05, 4.69) is 5.32 Å². The lowest BCUT2D eigenvalue weighted by molar-refractivity contribution is -0.241. The molecule has 448 valence electrons. The maximum Gasteiger partial charge on any atom is 0.415 e. The number of aliphatic hydroxyl groups excluding tert-OH is 4. The maximum absolute atomic E-state index is 14.5. The van der Waals surface area contributed by atoms with Gasteiger partial charge in [-0.3, -0.25) is 28.9 Å². The predicted molar refractivity (Wildman–Crippen MR) is 297 cm³/mol. The Morgan fingerprint density at radius 2 is 1.49 bits per heavy atom. The van der Waals surface area contributed by atoms with Gasteiger partial charge in [0.05, 0.1) is 55.2 Å². The largest absolute Gasteiger partial charge is 0.460 e. The maximum atomic E-state index is 14.5. The number of nitrogens with two attached hydrogens (primary N) is 1.